The van der Waals surface area contributed by atoms with Crippen LogP contribution < -0.4 is 19.0 Å². The van der Waals surface area contributed by atoms with E-state index in [2.05, 4.69) is 31.9 Å². The maximum atomic E-state index is 13.4. The molecule has 0 fully saturated rings. The van der Waals surface area contributed by atoms with Crippen LogP contribution in [0.5, 0.6) is 11.5 Å². The number of hydrogen-bond donors (Lipinski definition) is 0. The number of sulfone groups is 1. The lowest BCUT2D eigenvalue weighted by atomic mass is 10.2. The molecule has 4 rings (SSSR count). The Morgan fingerprint density at radius 2 is 1.13 bits per heavy atom. The Hall–Kier alpha value is -1.79. The second-order valence-corrected chi connectivity index (χ2v) is 11.8. The molecular formula is C20H12Br2O6S3. The summed E-state index contributed by atoms with van der Waals surface area (Å²) in [4.78, 5) is 24.7. The van der Waals surface area contributed by atoms with Gasteiger partial charge < -0.3 is 9.47 Å². The van der Waals surface area contributed by atoms with Crippen molar-refractivity contribution in [3.8, 4) is 11.5 Å². The van der Waals surface area contributed by atoms with Gasteiger partial charge in [-0.3, -0.25) is 9.59 Å². The zero-order chi connectivity index (χ0) is 22.5. The number of fused-ring (bicyclic) bond motifs is 2. The molecule has 0 radical (unpaired) electrons. The maximum absolute atomic E-state index is 13.4. The predicted octanol–water partition coefficient (Wildman–Crippen LogP) is 5.21. The van der Waals surface area contributed by atoms with E-state index >= 15 is 0 Å². The van der Waals surface area contributed by atoms with Crippen molar-refractivity contribution in [3.05, 3.63) is 64.4 Å². The van der Waals surface area contributed by atoms with Crippen LogP contribution in [0.15, 0.2) is 64.7 Å². The van der Waals surface area contributed by atoms with Gasteiger partial charge in [0.2, 0.25) is 9.84 Å². The van der Waals surface area contributed by atoms with Crippen LogP contribution in [0, 0.1) is 0 Å². The summed E-state index contributed by atoms with van der Waals surface area (Å²) in [5.41, 5.74) is 0. The fourth-order valence-electron chi connectivity index (χ4n) is 3.07. The molecule has 0 aliphatic carbocycles. The van der Waals surface area contributed by atoms with Crippen molar-refractivity contribution in [1.82, 2.24) is 0 Å². The summed E-state index contributed by atoms with van der Waals surface area (Å²) in [6, 6.07) is 9.34. The van der Waals surface area contributed by atoms with E-state index in [1.807, 2.05) is 0 Å². The SMILES string of the molecule is COc1ccc(Br)c2cc(S(=O)(=O)c3cc4c(Br)ccc(OC)c4sc3=O)c(=O)sc12. The average molecular weight is 604 g/mol. The number of hydrogen-bond acceptors (Lipinski definition) is 8. The van der Waals surface area contributed by atoms with Gasteiger partial charge in [-0.1, -0.05) is 54.5 Å². The number of ether oxygens (including phenoxy) is 2. The standard InChI is InChI=1S/C20H12Br2O6S3/c1-27-13-5-3-11(21)9-7-15(19(23)29-17(9)13)31(25,26)16-8-10-12(22)4-6-14(28-2)18(10)30-20(16)24/h3-8H,1-2H3. The summed E-state index contributed by atoms with van der Waals surface area (Å²) in [7, 11) is -1.45. The Balaban J connectivity index is 2.04. The van der Waals surface area contributed by atoms with E-state index in [4.69, 9.17) is 9.47 Å². The summed E-state index contributed by atoms with van der Waals surface area (Å²) in [6.45, 7) is 0. The van der Waals surface area contributed by atoms with Crippen LogP contribution in [0.3, 0.4) is 0 Å². The van der Waals surface area contributed by atoms with Gasteiger partial charge in [0.25, 0.3) is 9.48 Å². The quantitative estimate of drug-likeness (QED) is 0.318. The van der Waals surface area contributed by atoms with E-state index in [1.54, 1.807) is 24.3 Å². The Labute approximate surface area is 201 Å². The molecule has 0 unspecified atom stereocenters. The van der Waals surface area contributed by atoms with E-state index in [-0.39, 0.29) is 0 Å². The van der Waals surface area contributed by atoms with Crippen LogP contribution >= 0.6 is 54.5 Å². The molecule has 0 aliphatic rings. The van der Waals surface area contributed by atoms with Gasteiger partial charge in [-0.2, -0.15) is 0 Å². The highest BCUT2D eigenvalue weighted by atomic mass is 79.9. The molecule has 0 atom stereocenters. The minimum Gasteiger partial charge on any atom is -0.495 e. The van der Waals surface area contributed by atoms with Gasteiger partial charge in [0.15, 0.2) is 0 Å². The first kappa shape index (κ1) is 22.4. The third-order valence-corrected chi connectivity index (χ3v) is 10.0. The average Bonchev–Trinajstić information content (AvgIpc) is 2.73. The van der Waals surface area contributed by atoms with Crippen molar-refractivity contribution >= 4 is 84.5 Å². The summed E-state index contributed by atoms with van der Waals surface area (Å²) in [5, 5.41) is 1.00. The number of benzene rings is 2. The van der Waals surface area contributed by atoms with Crippen molar-refractivity contribution in [2.45, 2.75) is 9.79 Å². The molecule has 6 nitrogen and oxygen atoms in total. The Bertz CT molecular complexity index is 1480. The summed E-state index contributed by atoms with van der Waals surface area (Å²) in [5.74, 6) is 0.912. The largest absolute Gasteiger partial charge is 0.495 e. The van der Waals surface area contributed by atoms with Crippen molar-refractivity contribution in [2.24, 2.45) is 0 Å². The molecule has 0 bridgehead atoms. The summed E-state index contributed by atoms with van der Waals surface area (Å²) >= 11 is 8.29. The van der Waals surface area contributed by atoms with Gasteiger partial charge in [-0.25, -0.2) is 8.42 Å². The third kappa shape index (κ3) is 3.72. The topological polar surface area (TPSA) is 86.7 Å². The molecule has 160 valence electrons. The van der Waals surface area contributed by atoms with Crippen LogP contribution in [-0.2, 0) is 9.84 Å². The lowest BCUT2D eigenvalue weighted by Gasteiger charge is -2.10. The monoisotopic (exact) mass is 602 g/mol. The van der Waals surface area contributed by atoms with Gasteiger partial charge in [0, 0.05) is 19.7 Å². The van der Waals surface area contributed by atoms with Gasteiger partial charge in [-0.05, 0) is 36.4 Å². The predicted molar refractivity (Wildman–Crippen MR) is 130 cm³/mol. The van der Waals surface area contributed by atoms with Crippen molar-refractivity contribution < 1.29 is 17.9 Å². The van der Waals surface area contributed by atoms with Gasteiger partial charge in [0.1, 0.15) is 21.3 Å². The second-order valence-electron chi connectivity index (χ2n) is 6.28. The van der Waals surface area contributed by atoms with Crippen LogP contribution in [0.4, 0.5) is 0 Å². The van der Waals surface area contributed by atoms with Crippen molar-refractivity contribution in [1.29, 1.82) is 0 Å². The molecule has 0 saturated heterocycles. The molecule has 4 aromatic rings. The van der Waals surface area contributed by atoms with Gasteiger partial charge in [-0.15, -0.1) is 0 Å². The maximum Gasteiger partial charge on any atom is 0.252 e. The molecule has 11 heteroatoms. The summed E-state index contributed by atoms with van der Waals surface area (Å²) in [6.07, 6.45) is 0. The zero-order valence-corrected chi connectivity index (χ0v) is 21.5. The third-order valence-electron chi connectivity index (χ3n) is 4.58. The van der Waals surface area contributed by atoms with Crippen LogP contribution in [0.25, 0.3) is 20.2 Å². The van der Waals surface area contributed by atoms with E-state index in [0.717, 1.165) is 22.7 Å². The number of rotatable bonds is 4. The zero-order valence-electron chi connectivity index (χ0n) is 15.9. The Morgan fingerprint density at radius 1 is 0.742 bits per heavy atom. The second kappa shape index (κ2) is 8.28. The first-order valence-corrected chi connectivity index (χ1v) is 13.2. The van der Waals surface area contributed by atoms with Crippen molar-refractivity contribution in [3.63, 3.8) is 0 Å². The number of halogens is 2. The molecule has 2 aromatic heterocycles. The molecule has 0 spiro atoms. The molecule has 0 amide bonds. The van der Waals surface area contributed by atoms with E-state index < -0.39 is 29.1 Å². The minimum absolute atomic E-state index is 0.456. The van der Waals surface area contributed by atoms with Gasteiger partial charge >= 0.3 is 0 Å². The number of methoxy groups -OCH3 is 2. The molecule has 31 heavy (non-hydrogen) atoms. The minimum atomic E-state index is -4.38. The highest BCUT2D eigenvalue weighted by molar-refractivity contribution is 9.11. The van der Waals surface area contributed by atoms with E-state index in [0.29, 0.717) is 40.6 Å². The lowest BCUT2D eigenvalue weighted by Crippen LogP contribution is -2.18. The van der Waals surface area contributed by atoms with Crippen molar-refractivity contribution in [2.75, 3.05) is 14.2 Å². The lowest BCUT2D eigenvalue weighted by molar-refractivity contribution is 0.420. The first-order valence-electron chi connectivity index (χ1n) is 8.55. The van der Waals surface area contributed by atoms with Crippen LogP contribution in [0.1, 0.15) is 0 Å². The normalized spacial score (nSPS) is 11.7. The molecule has 0 saturated carbocycles. The smallest absolute Gasteiger partial charge is 0.252 e. The van der Waals surface area contributed by atoms with Crippen LogP contribution in [0.2, 0.25) is 0 Å². The van der Waals surface area contributed by atoms with Crippen LogP contribution in [-0.4, -0.2) is 22.6 Å². The fraction of sp³-hybridized carbons (Fsp3) is 0.100. The highest BCUT2D eigenvalue weighted by Crippen LogP contribution is 2.37. The molecule has 2 heterocycles. The molecule has 2 aromatic carbocycles. The van der Waals surface area contributed by atoms with Gasteiger partial charge in [0.05, 0.1) is 23.6 Å². The highest BCUT2D eigenvalue weighted by Gasteiger charge is 2.27. The Kier molecular flexibility index (Phi) is 5.99. The van der Waals surface area contributed by atoms with E-state index in [1.165, 1.54) is 26.4 Å². The fourth-order valence-corrected chi connectivity index (χ4v) is 8.10. The Morgan fingerprint density at radius 3 is 1.48 bits per heavy atom. The molecule has 0 aliphatic heterocycles. The first-order chi connectivity index (χ1) is 14.7. The summed E-state index contributed by atoms with van der Waals surface area (Å²) < 4.78 is 38.3. The molecular weight excluding hydrogens is 592 g/mol. The molecule has 0 N–H and O–H groups in total. The van der Waals surface area contributed by atoms with E-state index in [9.17, 15) is 18.0 Å².